The molecule has 0 saturated heterocycles. The lowest BCUT2D eigenvalue weighted by molar-refractivity contribution is -0.113. The van der Waals surface area contributed by atoms with Crippen LogP contribution >= 0.6 is 23.1 Å². The predicted molar refractivity (Wildman–Crippen MR) is 110 cm³/mol. The summed E-state index contributed by atoms with van der Waals surface area (Å²) in [5.41, 5.74) is 3.52. The lowest BCUT2D eigenvalue weighted by Crippen LogP contribution is -2.13. The first kappa shape index (κ1) is 19.0. The van der Waals surface area contributed by atoms with Crippen molar-refractivity contribution in [2.45, 2.75) is 5.75 Å². The summed E-state index contributed by atoms with van der Waals surface area (Å²) < 4.78 is 5.15. The van der Waals surface area contributed by atoms with Crippen LogP contribution in [0.25, 0.3) is 11.3 Å². The number of benzene rings is 2. The third kappa shape index (κ3) is 5.33. The SMILES string of the molecule is COc1ccc(-c2csc(NC(=O)CSCc3ccc(C#N)cc3)n2)cc1. The van der Waals surface area contributed by atoms with Gasteiger partial charge in [0.15, 0.2) is 5.13 Å². The summed E-state index contributed by atoms with van der Waals surface area (Å²) in [7, 11) is 1.63. The Hall–Kier alpha value is -2.82. The van der Waals surface area contributed by atoms with Gasteiger partial charge in [-0.25, -0.2) is 4.98 Å². The maximum Gasteiger partial charge on any atom is 0.236 e. The van der Waals surface area contributed by atoms with Gasteiger partial charge in [-0.2, -0.15) is 5.26 Å². The number of carbonyl (C=O) groups excluding carboxylic acids is 1. The van der Waals surface area contributed by atoms with E-state index in [1.807, 2.05) is 41.8 Å². The molecule has 0 atom stereocenters. The minimum atomic E-state index is -0.0794. The number of thioether (sulfide) groups is 1. The normalized spacial score (nSPS) is 10.2. The molecular weight excluding hydrogens is 378 g/mol. The zero-order valence-electron chi connectivity index (χ0n) is 14.6. The van der Waals surface area contributed by atoms with Crippen molar-refractivity contribution in [1.29, 1.82) is 5.26 Å². The summed E-state index contributed by atoms with van der Waals surface area (Å²) in [6.07, 6.45) is 0. The van der Waals surface area contributed by atoms with E-state index < -0.39 is 0 Å². The third-order valence-electron chi connectivity index (χ3n) is 3.72. The van der Waals surface area contributed by atoms with Crippen LogP contribution in [0.5, 0.6) is 5.75 Å². The van der Waals surface area contributed by atoms with E-state index in [9.17, 15) is 4.79 Å². The van der Waals surface area contributed by atoms with Crippen LogP contribution < -0.4 is 10.1 Å². The lowest BCUT2D eigenvalue weighted by atomic mass is 10.2. The fourth-order valence-corrected chi connectivity index (χ4v) is 3.84. The first-order valence-corrected chi connectivity index (χ1v) is 10.2. The topological polar surface area (TPSA) is 75.0 Å². The molecule has 1 aromatic heterocycles. The molecular formula is C20H17N3O2S2. The van der Waals surface area contributed by atoms with Gasteiger partial charge in [0.1, 0.15) is 5.75 Å². The second kappa shape index (κ2) is 9.21. The van der Waals surface area contributed by atoms with E-state index in [0.717, 1.165) is 22.6 Å². The average molecular weight is 396 g/mol. The van der Waals surface area contributed by atoms with Gasteiger partial charge >= 0.3 is 0 Å². The Morgan fingerprint density at radius 2 is 1.96 bits per heavy atom. The molecule has 1 heterocycles. The lowest BCUT2D eigenvalue weighted by Gasteiger charge is -2.03. The molecule has 0 aliphatic heterocycles. The minimum absolute atomic E-state index is 0.0794. The Balaban J connectivity index is 1.49. The van der Waals surface area contributed by atoms with Gasteiger partial charge in [-0.05, 0) is 42.0 Å². The number of hydrogen-bond acceptors (Lipinski definition) is 6. The van der Waals surface area contributed by atoms with Crippen LogP contribution in [0.2, 0.25) is 0 Å². The molecule has 1 N–H and O–H groups in total. The highest BCUT2D eigenvalue weighted by molar-refractivity contribution is 7.99. The van der Waals surface area contributed by atoms with Gasteiger partial charge in [-0.15, -0.1) is 23.1 Å². The van der Waals surface area contributed by atoms with Crippen molar-refractivity contribution in [2.24, 2.45) is 0 Å². The van der Waals surface area contributed by atoms with E-state index in [1.165, 1.54) is 23.1 Å². The van der Waals surface area contributed by atoms with Crippen LogP contribution in [0.1, 0.15) is 11.1 Å². The summed E-state index contributed by atoms with van der Waals surface area (Å²) >= 11 is 2.92. The average Bonchev–Trinajstić information content (AvgIpc) is 3.17. The van der Waals surface area contributed by atoms with Crippen molar-refractivity contribution >= 4 is 34.1 Å². The van der Waals surface area contributed by atoms with Crippen LogP contribution in [0.4, 0.5) is 5.13 Å². The van der Waals surface area contributed by atoms with Gasteiger partial charge in [-0.1, -0.05) is 12.1 Å². The molecule has 0 fully saturated rings. The highest BCUT2D eigenvalue weighted by atomic mass is 32.2. The first-order chi connectivity index (χ1) is 13.2. The number of methoxy groups -OCH3 is 1. The van der Waals surface area contributed by atoms with E-state index in [0.29, 0.717) is 22.2 Å². The third-order valence-corrected chi connectivity index (χ3v) is 5.48. The molecule has 0 bridgehead atoms. The number of nitrogens with one attached hydrogen (secondary N) is 1. The largest absolute Gasteiger partial charge is 0.497 e. The van der Waals surface area contributed by atoms with Crippen LogP contribution in [0.3, 0.4) is 0 Å². The maximum absolute atomic E-state index is 12.1. The number of ether oxygens (including phenoxy) is 1. The van der Waals surface area contributed by atoms with Crippen molar-refractivity contribution < 1.29 is 9.53 Å². The van der Waals surface area contributed by atoms with Crippen molar-refractivity contribution in [3.05, 3.63) is 65.0 Å². The molecule has 0 aliphatic rings. The highest BCUT2D eigenvalue weighted by Crippen LogP contribution is 2.26. The molecule has 0 radical (unpaired) electrons. The summed E-state index contributed by atoms with van der Waals surface area (Å²) in [6, 6.07) is 17.1. The van der Waals surface area contributed by atoms with Gasteiger partial charge in [0.25, 0.3) is 0 Å². The summed E-state index contributed by atoms with van der Waals surface area (Å²) in [6.45, 7) is 0. The Bertz CT molecular complexity index is 945. The van der Waals surface area contributed by atoms with E-state index in [-0.39, 0.29) is 5.91 Å². The Morgan fingerprint density at radius 3 is 2.63 bits per heavy atom. The second-order valence-electron chi connectivity index (χ2n) is 5.62. The Morgan fingerprint density at radius 1 is 1.22 bits per heavy atom. The van der Waals surface area contributed by atoms with Gasteiger partial charge in [0.2, 0.25) is 5.91 Å². The predicted octanol–water partition coefficient (Wildman–Crippen LogP) is 4.56. The standard InChI is InChI=1S/C20H17N3O2S2/c1-25-17-8-6-16(7-9-17)18-12-27-20(22-18)23-19(24)13-26-11-15-4-2-14(10-21)3-5-15/h2-9,12H,11,13H2,1H3,(H,22,23,24). The van der Waals surface area contributed by atoms with Gasteiger partial charge in [0, 0.05) is 16.7 Å². The molecule has 0 spiro atoms. The van der Waals surface area contributed by atoms with E-state index in [4.69, 9.17) is 10.00 Å². The fraction of sp³-hybridized carbons (Fsp3) is 0.150. The number of carbonyl (C=O) groups is 1. The fourth-order valence-electron chi connectivity index (χ4n) is 2.32. The zero-order chi connectivity index (χ0) is 19.1. The van der Waals surface area contributed by atoms with Crippen molar-refractivity contribution in [1.82, 2.24) is 4.98 Å². The van der Waals surface area contributed by atoms with Gasteiger partial charge in [0.05, 0.1) is 30.2 Å². The summed E-state index contributed by atoms with van der Waals surface area (Å²) in [5, 5.41) is 14.1. The second-order valence-corrected chi connectivity index (χ2v) is 7.46. The number of aromatic nitrogens is 1. The van der Waals surface area contributed by atoms with Gasteiger partial charge in [-0.3, -0.25) is 4.79 Å². The van der Waals surface area contributed by atoms with E-state index in [2.05, 4.69) is 16.4 Å². The van der Waals surface area contributed by atoms with Crippen LogP contribution in [-0.4, -0.2) is 23.8 Å². The number of nitriles is 1. The quantitative estimate of drug-likeness (QED) is 0.635. The first-order valence-electron chi connectivity index (χ1n) is 8.14. The number of amides is 1. The molecule has 0 unspecified atom stereocenters. The molecule has 7 heteroatoms. The molecule has 3 aromatic rings. The summed E-state index contributed by atoms with van der Waals surface area (Å²) in [5.74, 6) is 1.78. The van der Waals surface area contributed by atoms with E-state index in [1.54, 1.807) is 19.2 Å². The summed E-state index contributed by atoms with van der Waals surface area (Å²) in [4.78, 5) is 16.6. The molecule has 2 aromatic carbocycles. The Kier molecular flexibility index (Phi) is 6.47. The van der Waals surface area contributed by atoms with E-state index >= 15 is 0 Å². The number of nitrogens with zero attached hydrogens (tertiary/aromatic N) is 2. The smallest absolute Gasteiger partial charge is 0.236 e. The van der Waals surface area contributed by atoms with Crippen LogP contribution in [-0.2, 0) is 10.5 Å². The van der Waals surface area contributed by atoms with Crippen molar-refractivity contribution in [2.75, 3.05) is 18.2 Å². The molecule has 5 nitrogen and oxygen atoms in total. The molecule has 1 amide bonds. The number of anilines is 1. The number of rotatable bonds is 7. The number of hydrogen-bond donors (Lipinski definition) is 1. The van der Waals surface area contributed by atoms with Crippen molar-refractivity contribution in [3.8, 4) is 23.1 Å². The molecule has 136 valence electrons. The minimum Gasteiger partial charge on any atom is -0.497 e. The monoisotopic (exact) mass is 395 g/mol. The molecule has 3 rings (SSSR count). The Labute approximate surface area is 166 Å². The highest BCUT2D eigenvalue weighted by Gasteiger charge is 2.09. The van der Waals surface area contributed by atoms with Crippen LogP contribution in [0, 0.1) is 11.3 Å². The molecule has 27 heavy (non-hydrogen) atoms. The maximum atomic E-state index is 12.1. The van der Waals surface area contributed by atoms with Crippen molar-refractivity contribution in [3.63, 3.8) is 0 Å². The zero-order valence-corrected chi connectivity index (χ0v) is 16.3. The van der Waals surface area contributed by atoms with Gasteiger partial charge < -0.3 is 10.1 Å². The molecule has 0 aliphatic carbocycles. The molecule has 0 saturated carbocycles. The van der Waals surface area contributed by atoms with Crippen LogP contribution in [0.15, 0.2) is 53.9 Å². The number of thiazole rings is 1.